The first kappa shape index (κ1) is 31.8. The Balaban J connectivity index is 1.54. The number of ether oxygens (including phenoxy) is 1. The maximum atomic E-state index is 6.32. The van der Waals surface area contributed by atoms with Gasteiger partial charge in [-0.1, -0.05) is 156 Å². The lowest BCUT2D eigenvalue weighted by Gasteiger charge is -2.33. The molecule has 0 radical (unpaired) electrons. The fourth-order valence-electron chi connectivity index (χ4n) is 7.58. The fraction of sp³-hybridized carbons (Fsp3) is 0.273. The predicted molar refractivity (Wildman–Crippen MR) is 201 cm³/mol. The summed E-state index contributed by atoms with van der Waals surface area (Å²) >= 11 is 0. The van der Waals surface area contributed by atoms with E-state index in [-0.39, 0.29) is 5.54 Å². The Labute approximate surface area is 278 Å². The molecule has 0 aliphatic heterocycles. The van der Waals surface area contributed by atoms with Gasteiger partial charge in [0.1, 0.15) is 12.4 Å². The van der Waals surface area contributed by atoms with E-state index in [4.69, 9.17) is 4.74 Å². The lowest BCUT2D eigenvalue weighted by atomic mass is 9.93. The van der Waals surface area contributed by atoms with Crippen LogP contribution in [0.15, 0.2) is 122 Å². The van der Waals surface area contributed by atoms with E-state index >= 15 is 0 Å². The van der Waals surface area contributed by atoms with Crippen molar-refractivity contribution in [3.8, 4) is 39.1 Å². The van der Waals surface area contributed by atoms with Gasteiger partial charge < -0.3 is 4.74 Å². The zero-order chi connectivity index (χ0) is 32.1. The van der Waals surface area contributed by atoms with Crippen molar-refractivity contribution < 1.29 is 4.74 Å². The number of hydrogen-bond acceptors (Lipinski definition) is 1. The molecule has 1 nitrogen and oxygen atoms in total. The van der Waals surface area contributed by atoms with Crippen molar-refractivity contribution in [2.75, 3.05) is 6.61 Å². The first-order valence-electron chi connectivity index (χ1n) is 17.3. The van der Waals surface area contributed by atoms with Gasteiger partial charge in [-0.25, -0.2) is 0 Å². The van der Waals surface area contributed by atoms with Gasteiger partial charge >= 0.3 is 0 Å². The molecule has 46 heavy (non-hydrogen) atoms. The number of rotatable bonds is 13. The third kappa shape index (κ3) is 6.16. The number of fused-ring (bicyclic) bond motifs is 3. The molecule has 0 atom stereocenters. The summed E-state index contributed by atoms with van der Waals surface area (Å²) in [6.45, 7) is 14.1. The van der Waals surface area contributed by atoms with Gasteiger partial charge in [-0.05, 0) is 92.6 Å². The molecule has 0 saturated carbocycles. The van der Waals surface area contributed by atoms with Gasteiger partial charge in [-0.15, -0.1) is 0 Å². The summed E-state index contributed by atoms with van der Waals surface area (Å²) in [6, 6.07) is 41.4. The topological polar surface area (TPSA) is 9.23 Å². The highest BCUT2D eigenvalue weighted by Gasteiger charge is 2.43. The molecule has 0 N–H and O–H groups in total. The number of aryl methyl sites for hydroxylation is 2. The van der Waals surface area contributed by atoms with Crippen LogP contribution in [0.1, 0.15) is 67.3 Å². The molecule has 1 aliphatic rings. The van der Waals surface area contributed by atoms with Gasteiger partial charge in [0, 0.05) is 5.54 Å². The van der Waals surface area contributed by atoms with Crippen LogP contribution in [-0.4, -0.2) is 14.7 Å². The molecule has 1 aliphatic carbocycles. The first-order chi connectivity index (χ1) is 22.5. The number of para-hydroxylation sites is 1. The molecule has 0 fully saturated rings. The van der Waals surface area contributed by atoms with Crippen molar-refractivity contribution in [1.82, 2.24) is 0 Å². The molecular formula is C44H48OSi. The molecule has 0 spiro atoms. The van der Waals surface area contributed by atoms with E-state index in [0.717, 1.165) is 18.6 Å². The second-order valence-corrected chi connectivity index (χ2v) is 17.9. The highest BCUT2D eigenvalue weighted by atomic mass is 28.3. The van der Waals surface area contributed by atoms with Crippen LogP contribution in [0.3, 0.4) is 0 Å². The van der Waals surface area contributed by atoms with Crippen LogP contribution in [0.25, 0.3) is 33.4 Å². The van der Waals surface area contributed by atoms with Crippen LogP contribution >= 0.6 is 0 Å². The Bertz CT molecular complexity index is 1730. The average molecular weight is 621 g/mol. The van der Waals surface area contributed by atoms with Gasteiger partial charge in [-0.3, -0.25) is 0 Å². The van der Waals surface area contributed by atoms with E-state index in [2.05, 4.69) is 143 Å². The molecule has 0 saturated heterocycles. The van der Waals surface area contributed by atoms with E-state index in [1.54, 1.807) is 0 Å². The molecule has 0 unspecified atom stereocenters. The molecule has 6 rings (SSSR count). The average Bonchev–Trinajstić information content (AvgIpc) is 3.43. The summed E-state index contributed by atoms with van der Waals surface area (Å²) in [6.07, 6.45) is 8.89. The summed E-state index contributed by atoms with van der Waals surface area (Å²) in [5.41, 5.74) is 14.3. The van der Waals surface area contributed by atoms with E-state index < -0.39 is 8.07 Å². The van der Waals surface area contributed by atoms with Gasteiger partial charge in [0.05, 0.1) is 8.07 Å². The summed E-state index contributed by atoms with van der Waals surface area (Å²) in [5.74, 6) is 0.996. The summed E-state index contributed by atoms with van der Waals surface area (Å²) < 4.78 is 6.32. The molecule has 5 aromatic rings. The zero-order valence-electron chi connectivity index (χ0n) is 28.1. The molecule has 5 aromatic carbocycles. The molecule has 0 heterocycles. The fourth-order valence-corrected chi connectivity index (χ4v) is 11.2. The van der Waals surface area contributed by atoms with Crippen LogP contribution in [0.2, 0.25) is 13.1 Å². The Hall–Kier alpha value is -4.14. The minimum absolute atomic E-state index is 0.288. The third-order valence-electron chi connectivity index (χ3n) is 9.93. The SMILES string of the molecule is C=CCOc1ccccc1[Si](C)(C)C1c2cc(-c3ccccc3CCCC)ccc2-c2ccc(-c3ccccc3CCCC)cc21. The molecule has 0 aromatic heterocycles. The summed E-state index contributed by atoms with van der Waals surface area (Å²) in [4.78, 5) is 0. The van der Waals surface area contributed by atoms with E-state index in [1.807, 2.05) is 6.08 Å². The first-order valence-corrected chi connectivity index (χ1v) is 20.3. The van der Waals surface area contributed by atoms with Crippen molar-refractivity contribution in [3.63, 3.8) is 0 Å². The van der Waals surface area contributed by atoms with E-state index in [9.17, 15) is 0 Å². The van der Waals surface area contributed by atoms with Crippen LogP contribution in [0.5, 0.6) is 5.75 Å². The largest absolute Gasteiger partial charge is 0.490 e. The minimum Gasteiger partial charge on any atom is -0.490 e. The van der Waals surface area contributed by atoms with Crippen LogP contribution in [0.4, 0.5) is 0 Å². The molecular weight excluding hydrogens is 573 g/mol. The standard InChI is InChI=1S/C44H48OSi/c1-6-9-17-32-19-11-13-21-36(32)34-25-27-38-39-28-26-35(37-22-14-12-20-33(37)18-10-7-2)31-41(39)44(40(38)30-34)46(4,5)43-24-16-15-23-42(43)45-29-8-3/h8,11-16,19-28,30-31,44H,3,6-7,9-10,17-18,29H2,1-2,4-5H3. The van der Waals surface area contributed by atoms with Gasteiger partial charge in [0.2, 0.25) is 0 Å². The highest BCUT2D eigenvalue weighted by molar-refractivity contribution is 6.92. The quantitative estimate of drug-likeness (QED) is 0.0940. The summed E-state index contributed by atoms with van der Waals surface area (Å²) in [7, 11) is -2.22. The molecule has 0 amide bonds. The molecule has 234 valence electrons. The van der Waals surface area contributed by atoms with Gasteiger partial charge in [0.15, 0.2) is 0 Å². The minimum atomic E-state index is -2.22. The highest BCUT2D eigenvalue weighted by Crippen LogP contribution is 2.51. The van der Waals surface area contributed by atoms with Crippen LogP contribution in [-0.2, 0) is 12.8 Å². The van der Waals surface area contributed by atoms with E-state index in [1.165, 1.54) is 86.5 Å². The normalized spacial score (nSPS) is 12.5. The van der Waals surface area contributed by atoms with Crippen molar-refractivity contribution in [2.24, 2.45) is 0 Å². The smallest absolute Gasteiger partial charge is 0.119 e. The van der Waals surface area contributed by atoms with Crippen molar-refractivity contribution in [1.29, 1.82) is 0 Å². The molecule has 2 heteroatoms. The second kappa shape index (κ2) is 14.1. The van der Waals surface area contributed by atoms with Crippen LogP contribution in [0, 0.1) is 0 Å². The third-order valence-corrected chi connectivity index (χ3v) is 13.8. The Morgan fingerprint density at radius 2 is 1.13 bits per heavy atom. The number of hydrogen-bond donors (Lipinski definition) is 0. The Kier molecular flexibility index (Phi) is 9.75. The number of unbranched alkanes of at least 4 members (excludes halogenated alkanes) is 2. The van der Waals surface area contributed by atoms with Crippen molar-refractivity contribution >= 4 is 13.3 Å². The number of benzene rings is 5. The Morgan fingerprint density at radius 3 is 1.65 bits per heavy atom. The van der Waals surface area contributed by atoms with Gasteiger partial charge in [0.25, 0.3) is 0 Å². The van der Waals surface area contributed by atoms with Gasteiger partial charge in [-0.2, -0.15) is 0 Å². The van der Waals surface area contributed by atoms with Crippen LogP contribution < -0.4 is 9.92 Å². The second-order valence-electron chi connectivity index (χ2n) is 13.4. The maximum absolute atomic E-state index is 6.32. The van der Waals surface area contributed by atoms with Crippen molar-refractivity contribution in [3.05, 3.63) is 144 Å². The zero-order valence-corrected chi connectivity index (χ0v) is 29.1. The maximum Gasteiger partial charge on any atom is 0.119 e. The lowest BCUT2D eigenvalue weighted by Crippen LogP contribution is -2.48. The van der Waals surface area contributed by atoms with Crippen molar-refractivity contribution in [2.45, 2.75) is 71.0 Å². The predicted octanol–water partition coefficient (Wildman–Crippen LogP) is 11.5. The lowest BCUT2D eigenvalue weighted by molar-refractivity contribution is 0.366. The Morgan fingerprint density at radius 1 is 0.630 bits per heavy atom. The monoisotopic (exact) mass is 620 g/mol. The molecule has 0 bridgehead atoms. The summed E-state index contributed by atoms with van der Waals surface area (Å²) in [5, 5.41) is 1.36. The van der Waals surface area contributed by atoms with E-state index in [0.29, 0.717) is 6.61 Å².